The molecule has 2 nitrogen and oxygen atoms in total. The molecule has 0 N–H and O–H groups in total. The zero-order chi connectivity index (χ0) is 15.4. The molecular weight excluding hydrogens is 394 g/mol. The first kappa shape index (κ1) is 16.0. The summed E-state index contributed by atoms with van der Waals surface area (Å²) in [5, 5.41) is 0. The SMILES string of the molecule is CN(C)/C=C(/C(=O)c1ccccc1Br)c1ccccc1Br. The van der Waals surface area contributed by atoms with Crippen LogP contribution in [0.15, 0.2) is 63.7 Å². The molecule has 0 aliphatic carbocycles. The predicted octanol–water partition coefficient (Wildman–Crippen LogP) is 5.00. The third-order valence-corrected chi connectivity index (χ3v) is 4.30. The standard InChI is InChI=1S/C17H15Br2NO/c1-20(2)11-14(12-7-3-5-9-15(12)18)17(21)13-8-4-6-10-16(13)19/h3-11H,1-2H3/b14-11+. The van der Waals surface area contributed by atoms with Crippen molar-refractivity contribution in [2.75, 3.05) is 14.1 Å². The van der Waals surface area contributed by atoms with Crippen molar-refractivity contribution >= 4 is 43.2 Å². The summed E-state index contributed by atoms with van der Waals surface area (Å²) in [6.45, 7) is 0. The van der Waals surface area contributed by atoms with Gasteiger partial charge in [-0.3, -0.25) is 4.79 Å². The third kappa shape index (κ3) is 3.83. The highest BCUT2D eigenvalue weighted by Gasteiger charge is 2.18. The molecule has 0 heterocycles. The molecule has 21 heavy (non-hydrogen) atoms. The second kappa shape index (κ2) is 7.05. The van der Waals surface area contributed by atoms with Crippen molar-refractivity contribution in [2.24, 2.45) is 0 Å². The molecule has 0 saturated carbocycles. The molecule has 0 aliphatic rings. The molecule has 2 rings (SSSR count). The number of hydrogen-bond donors (Lipinski definition) is 0. The zero-order valence-corrected chi connectivity index (χ0v) is 15.0. The number of allylic oxidation sites excluding steroid dienone is 1. The minimum absolute atomic E-state index is 0.0110. The van der Waals surface area contributed by atoms with E-state index in [-0.39, 0.29) is 5.78 Å². The van der Waals surface area contributed by atoms with E-state index >= 15 is 0 Å². The van der Waals surface area contributed by atoms with Crippen LogP contribution in [0.25, 0.3) is 5.57 Å². The van der Waals surface area contributed by atoms with Crippen LogP contribution >= 0.6 is 31.9 Å². The largest absolute Gasteiger partial charge is 0.383 e. The average Bonchev–Trinajstić information content (AvgIpc) is 2.45. The molecule has 0 aliphatic heterocycles. The highest BCUT2D eigenvalue weighted by Crippen LogP contribution is 2.29. The second-order valence-corrected chi connectivity index (χ2v) is 6.50. The monoisotopic (exact) mass is 407 g/mol. The quantitative estimate of drug-likeness (QED) is 0.524. The lowest BCUT2D eigenvalue weighted by molar-refractivity contribution is 0.105. The third-order valence-electron chi connectivity index (χ3n) is 2.91. The van der Waals surface area contributed by atoms with Gasteiger partial charge in [0.25, 0.3) is 0 Å². The van der Waals surface area contributed by atoms with Gasteiger partial charge in [-0.15, -0.1) is 0 Å². The first-order chi connectivity index (χ1) is 10.0. The van der Waals surface area contributed by atoms with Crippen LogP contribution < -0.4 is 0 Å². The fourth-order valence-corrected chi connectivity index (χ4v) is 2.94. The van der Waals surface area contributed by atoms with Crippen LogP contribution in [0.4, 0.5) is 0 Å². The van der Waals surface area contributed by atoms with Crippen LogP contribution in [0.3, 0.4) is 0 Å². The molecule has 0 saturated heterocycles. The average molecular weight is 409 g/mol. The Balaban J connectivity index is 2.55. The van der Waals surface area contributed by atoms with Crippen molar-refractivity contribution in [1.29, 1.82) is 0 Å². The van der Waals surface area contributed by atoms with Gasteiger partial charge in [-0.05, 0) is 18.2 Å². The number of ketones is 1. The van der Waals surface area contributed by atoms with Crippen molar-refractivity contribution in [3.8, 4) is 0 Å². The fraction of sp³-hybridized carbons (Fsp3) is 0.118. The Morgan fingerprint density at radius 1 is 0.905 bits per heavy atom. The molecule has 2 aromatic rings. The Morgan fingerprint density at radius 3 is 1.86 bits per heavy atom. The lowest BCUT2D eigenvalue weighted by atomic mass is 9.97. The van der Waals surface area contributed by atoms with Crippen molar-refractivity contribution in [2.45, 2.75) is 0 Å². The Hall–Kier alpha value is -1.39. The van der Waals surface area contributed by atoms with Crippen LogP contribution in [-0.2, 0) is 0 Å². The highest BCUT2D eigenvalue weighted by molar-refractivity contribution is 9.10. The maximum atomic E-state index is 12.9. The summed E-state index contributed by atoms with van der Waals surface area (Å²) in [5.41, 5.74) is 2.19. The number of benzene rings is 2. The molecular formula is C17H15Br2NO. The minimum atomic E-state index is -0.0110. The van der Waals surface area contributed by atoms with Gasteiger partial charge in [0.1, 0.15) is 0 Å². The van der Waals surface area contributed by atoms with Gasteiger partial charge in [0.15, 0.2) is 5.78 Å². The summed E-state index contributed by atoms with van der Waals surface area (Å²) >= 11 is 6.97. The van der Waals surface area contributed by atoms with Gasteiger partial charge in [0.05, 0.1) is 0 Å². The number of carbonyl (C=O) groups excluding carboxylic acids is 1. The Bertz CT molecular complexity index is 693. The van der Waals surface area contributed by atoms with E-state index in [1.807, 2.05) is 73.7 Å². The number of hydrogen-bond acceptors (Lipinski definition) is 2. The summed E-state index contributed by atoms with van der Waals surface area (Å²) in [6.07, 6.45) is 1.85. The van der Waals surface area contributed by atoms with E-state index in [0.29, 0.717) is 11.1 Å². The smallest absolute Gasteiger partial charge is 0.196 e. The maximum Gasteiger partial charge on any atom is 0.196 e. The van der Waals surface area contributed by atoms with Crippen LogP contribution in [0.5, 0.6) is 0 Å². The van der Waals surface area contributed by atoms with E-state index in [0.717, 1.165) is 14.5 Å². The van der Waals surface area contributed by atoms with Crippen LogP contribution in [0.1, 0.15) is 15.9 Å². The first-order valence-electron chi connectivity index (χ1n) is 6.43. The predicted molar refractivity (Wildman–Crippen MR) is 94.3 cm³/mol. The van der Waals surface area contributed by atoms with Gasteiger partial charge in [0.2, 0.25) is 0 Å². The van der Waals surface area contributed by atoms with E-state index < -0.39 is 0 Å². The molecule has 4 heteroatoms. The lowest BCUT2D eigenvalue weighted by Gasteiger charge is -2.14. The van der Waals surface area contributed by atoms with E-state index in [1.54, 1.807) is 0 Å². The molecule has 0 aromatic heterocycles. The van der Waals surface area contributed by atoms with Gasteiger partial charge in [0, 0.05) is 45.9 Å². The van der Waals surface area contributed by atoms with Crippen LogP contribution in [0, 0.1) is 0 Å². The molecule has 2 aromatic carbocycles. The Kier molecular flexibility index (Phi) is 5.37. The Morgan fingerprint density at radius 2 is 1.38 bits per heavy atom. The zero-order valence-electron chi connectivity index (χ0n) is 11.8. The topological polar surface area (TPSA) is 20.3 Å². The van der Waals surface area contributed by atoms with Gasteiger partial charge < -0.3 is 4.90 Å². The molecule has 0 spiro atoms. The van der Waals surface area contributed by atoms with Gasteiger partial charge in [-0.25, -0.2) is 0 Å². The van der Waals surface area contributed by atoms with Gasteiger partial charge in [-0.1, -0.05) is 62.2 Å². The van der Waals surface area contributed by atoms with E-state index in [9.17, 15) is 4.79 Å². The number of carbonyl (C=O) groups is 1. The van der Waals surface area contributed by atoms with Gasteiger partial charge >= 0.3 is 0 Å². The highest BCUT2D eigenvalue weighted by atomic mass is 79.9. The van der Waals surface area contributed by atoms with E-state index in [2.05, 4.69) is 31.9 Å². The molecule has 108 valence electrons. The summed E-state index contributed by atoms with van der Waals surface area (Å²) in [7, 11) is 3.81. The summed E-state index contributed by atoms with van der Waals surface area (Å²) in [6, 6.07) is 15.2. The fourth-order valence-electron chi connectivity index (χ4n) is 1.98. The molecule has 0 unspecified atom stereocenters. The van der Waals surface area contributed by atoms with Crippen molar-refractivity contribution < 1.29 is 4.79 Å². The summed E-state index contributed by atoms with van der Waals surface area (Å²) in [4.78, 5) is 14.8. The molecule has 0 bridgehead atoms. The Labute approximate surface area is 141 Å². The molecule has 0 radical (unpaired) electrons. The molecule has 0 atom stereocenters. The number of Topliss-reactive ketones (excluding diaryl/α,β-unsaturated/α-hetero) is 1. The molecule has 0 fully saturated rings. The van der Waals surface area contributed by atoms with Crippen LogP contribution in [0.2, 0.25) is 0 Å². The van der Waals surface area contributed by atoms with Crippen molar-refractivity contribution in [3.63, 3.8) is 0 Å². The maximum absolute atomic E-state index is 12.9. The minimum Gasteiger partial charge on any atom is -0.383 e. The number of halogens is 2. The van der Waals surface area contributed by atoms with Crippen molar-refractivity contribution in [1.82, 2.24) is 4.90 Å². The van der Waals surface area contributed by atoms with Crippen molar-refractivity contribution in [3.05, 3.63) is 74.8 Å². The number of nitrogens with zero attached hydrogens (tertiary/aromatic N) is 1. The van der Waals surface area contributed by atoms with Gasteiger partial charge in [-0.2, -0.15) is 0 Å². The first-order valence-corrected chi connectivity index (χ1v) is 8.01. The van der Waals surface area contributed by atoms with Crippen LogP contribution in [-0.4, -0.2) is 24.8 Å². The summed E-state index contributed by atoms with van der Waals surface area (Å²) < 4.78 is 1.70. The number of rotatable bonds is 4. The normalized spacial score (nSPS) is 11.3. The summed E-state index contributed by atoms with van der Waals surface area (Å²) in [5.74, 6) is -0.0110. The second-order valence-electron chi connectivity index (χ2n) is 4.80. The molecule has 0 amide bonds. The lowest BCUT2D eigenvalue weighted by Crippen LogP contribution is -2.10. The van der Waals surface area contributed by atoms with E-state index in [1.165, 1.54) is 0 Å². The van der Waals surface area contributed by atoms with E-state index in [4.69, 9.17) is 0 Å².